The van der Waals surface area contributed by atoms with Crippen LogP contribution in [0.2, 0.25) is 0 Å². The van der Waals surface area contributed by atoms with Gasteiger partial charge in [0.25, 0.3) is 0 Å². The molecule has 26 heavy (non-hydrogen) atoms. The van der Waals surface area contributed by atoms with Gasteiger partial charge in [-0.25, -0.2) is 0 Å². The van der Waals surface area contributed by atoms with Crippen molar-refractivity contribution in [3.05, 3.63) is 43.3 Å². The number of nitrogens with zero attached hydrogens (tertiary/aromatic N) is 1. The van der Waals surface area contributed by atoms with Crippen LogP contribution in [0, 0.1) is 13.5 Å². The molecule has 1 radical (unpaired) electrons. The Morgan fingerprint density at radius 2 is 2.12 bits per heavy atom. The minimum Gasteiger partial charge on any atom is -0.358 e. The standard InChI is InChI=1S/C18H24N3O3.CH3.Y/c1-13(19-14(2)22)17(23)20-16-10-6-7-11-21(18(16)24)12-15-8-4-3-5-9-15;;/h3-4,8-9,13,16H,6-7,10-12H2,1-2H3,(H,19,22)(H,20,23);1H3;/q2*-1;/t13?,16-;;/m0../s1. The van der Waals surface area contributed by atoms with E-state index in [4.69, 9.17) is 0 Å². The van der Waals surface area contributed by atoms with E-state index in [0.717, 1.165) is 18.4 Å². The van der Waals surface area contributed by atoms with Crippen LogP contribution in [0.15, 0.2) is 24.3 Å². The summed E-state index contributed by atoms with van der Waals surface area (Å²) in [6, 6.07) is 9.35. The number of carbonyl (C=O) groups is 3. The maximum atomic E-state index is 12.7. The van der Waals surface area contributed by atoms with Gasteiger partial charge in [0.1, 0.15) is 12.1 Å². The summed E-state index contributed by atoms with van der Waals surface area (Å²) in [6.45, 7) is 4.17. The van der Waals surface area contributed by atoms with Crippen LogP contribution in [0.3, 0.4) is 0 Å². The fraction of sp³-hybridized carbons (Fsp3) is 0.474. The van der Waals surface area contributed by atoms with Crippen LogP contribution in [-0.4, -0.2) is 41.2 Å². The average molecular weight is 434 g/mol. The molecule has 0 aromatic heterocycles. The fourth-order valence-corrected chi connectivity index (χ4v) is 2.81. The van der Waals surface area contributed by atoms with Gasteiger partial charge in [0, 0.05) is 52.7 Å². The molecule has 1 aliphatic heterocycles. The Bertz CT molecular complexity index is 595. The molecule has 0 spiro atoms. The molecule has 7 heteroatoms. The third kappa shape index (κ3) is 7.54. The largest absolute Gasteiger partial charge is 0.358 e. The van der Waals surface area contributed by atoms with Crippen LogP contribution in [0.5, 0.6) is 0 Å². The van der Waals surface area contributed by atoms with Crippen LogP contribution in [0.4, 0.5) is 0 Å². The minimum absolute atomic E-state index is 0. The SMILES string of the molecule is CC(=O)NC(C)C(=O)N[C@H]1CCCCN(Cc2c[c-]ccc2)C1=O.[CH3-].[Y]. The predicted octanol–water partition coefficient (Wildman–Crippen LogP) is 1.46. The van der Waals surface area contributed by atoms with Crippen molar-refractivity contribution < 1.29 is 47.1 Å². The molecule has 1 saturated heterocycles. The normalized spacial score (nSPS) is 17.8. The van der Waals surface area contributed by atoms with Gasteiger partial charge in [-0.2, -0.15) is 30.3 Å². The van der Waals surface area contributed by atoms with E-state index in [-0.39, 0.29) is 57.9 Å². The molecular weight excluding hydrogens is 407 g/mol. The maximum Gasteiger partial charge on any atom is 0.244 e. The predicted molar refractivity (Wildman–Crippen MR) is 96.2 cm³/mol. The molecule has 1 aliphatic rings. The molecule has 2 N–H and O–H groups in total. The first-order chi connectivity index (χ1) is 11.5. The Morgan fingerprint density at radius 3 is 2.73 bits per heavy atom. The Kier molecular flexibility index (Phi) is 11.6. The topological polar surface area (TPSA) is 78.5 Å². The second-order valence-corrected chi connectivity index (χ2v) is 6.15. The molecule has 141 valence electrons. The Morgan fingerprint density at radius 1 is 1.38 bits per heavy atom. The van der Waals surface area contributed by atoms with E-state index in [1.54, 1.807) is 11.8 Å². The van der Waals surface area contributed by atoms with Crippen LogP contribution in [0.25, 0.3) is 0 Å². The zero-order valence-electron chi connectivity index (χ0n) is 15.7. The first-order valence-corrected chi connectivity index (χ1v) is 8.28. The summed E-state index contributed by atoms with van der Waals surface area (Å²) in [5.74, 6) is -0.676. The smallest absolute Gasteiger partial charge is 0.244 e. The number of carbonyl (C=O) groups excluding carboxylic acids is 3. The molecule has 0 aliphatic carbocycles. The minimum atomic E-state index is -0.657. The zero-order chi connectivity index (χ0) is 17.5. The van der Waals surface area contributed by atoms with Crippen molar-refractivity contribution in [1.82, 2.24) is 15.5 Å². The second-order valence-electron chi connectivity index (χ2n) is 6.15. The fourth-order valence-electron chi connectivity index (χ4n) is 2.81. The molecule has 0 bridgehead atoms. The van der Waals surface area contributed by atoms with Crippen LogP contribution >= 0.6 is 0 Å². The van der Waals surface area contributed by atoms with Crippen LogP contribution < -0.4 is 10.6 Å². The summed E-state index contributed by atoms with van der Waals surface area (Å²) in [7, 11) is 0. The average Bonchev–Trinajstić information content (AvgIpc) is 2.71. The first-order valence-electron chi connectivity index (χ1n) is 8.28. The molecular formula is C19H27N3O3Y-2. The molecule has 2 atom stereocenters. The van der Waals surface area contributed by atoms with Crippen molar-refractivity contribution in [2.24, 2.45) is 0 Å². The van der Waals surface area contributed by atoms with Gasteiger partial charge in [-0.3, -0.25) is 14.4 Å². The van der Waals surface area contributed by atoms with Gasteiger partial charge in [0.05, 0.1) is 0 Å². The monoisotopic (exact) mass is 434 g/mol. The van der Waals surface area contributed by atoms with Gasteiger partial charge < -0.3 is 23.0 Å². The summed E-state index contributed by atoms with van der Waals surface area (Å²) in [5, 5.41) is 5.31. The number of rotatable bonds is 5. The molecule has 1 unspecified atom stereocenters. The molecule has 3 amide bonds. The summed E-state index contributed by atoms with van der Waals surface area (Å²) in [4.78, 5) is 37.7. The summed E-state index contributed by atoms with van der Waals surface area (Å²) in [5.41, 5.74) is 1.02. The summed E-state index contributed by atoms with van der Waals surface area (Å²) >= 11 is 0. The van der Waals surface area contributed by atoms with E-state index >= 15 is 0 Å². The van der Waals surface area contributed by atoms with Gasteiger partial charge in [-0.15, -0.1) is 5.56 Å². The number of hydrogen-bond donors (Lipinski definition) is 2. The summed E-state index contributed by atoms with van der Waals surface area (Å²) < 4.78 is 0. The van der Waals surface area contributed by atoms with Crippen LogP contribution in [0.1, 0.15) is 38.7 Å². The van der Waals surface area contributed by atoms with Gasteiger partial charge in [0.15, 0.2) is 0 Å². The Hall–Kier alpha value is -1.27. The van der Waals surface area contributed by atoms with Crippen molar-refractivity contribution in [2.45, 2.75) is 51.7 Å². The molecule has 6 nitrogen and oxygen atoms in total. The Balaban J connectivity index is 0.00000312. The number of benzene rings is 1. The maximum absolute atomic E-state index is 12.7. The van der Waals surface area contributed by atoms with Gasteiger partial charge in [0.2, 0.25) is 17.7 Å². The quantitative estimate of drug-likeness (QED) is 0.689. The van der Waals surface area contributed by atoms with Crippen LogP contribution in [-0.2, 0) is 53.6 Å². The zero-order valence-corrected chi connectivity index (χ0v) is 18.6. The number of nitrogens with one attached hydrogen (secondary N) is 2. The van der Waals surface area contributed by atoms with Crippen molar-refractivity contribution in [3.8, 4) is 0 Å². The molecule has 2 rings (SSSR count). The molecule has 1 fully saturated rings. The van der Waals surface area contributed by atoms with Crippen molar-refractivity contribution in [1.29, 1.82) is 0 Å². The van der Waals surface area contributed by atoms with Crippen molar-refractivity contribution in [3.63, 3.8) is 0 Å². The molecule has 1 aromatic rings. The van der Waals surface area contributed by atoms with E-state index < -0.39 is 12.1 Å². The van der Waals surface area contributed by atoms with Gasteiger partial charge in [-0.05, 0) is 26.2 Å². The molecule has 1 aromatic carbocycles. The first kappa shape index (κ1) is 24.7. The number of hydrogen-bond acceptors (Lipinski definition) is 3. The third-order valence-electron chi connectivity index (χ3n) is 4.06. The van der Waals surface area contributed by atoms with E-state index in [1.165, 1.54) is 6.92 Å². The van der Waals surface area contributed by atoms with E-state index in [0.29, 0.717) is 19.5 Å². The second kappa shape index (κ2) is 12.2. The van der Waals surface area contributed by atoms with Crippen molar-refractivity contribution in [2.75, 3.05) is 6.54 Å². The van der Waals surface area contributed by atoms with Gasteiger partial charge in [-0.1, -0.05) is 0 Å². The summed E-state index contributed by atoms with van der Waals surface area (Å²) in [6.07, 6.45) is 2.41. The third-order valence-corrected chi connectivity index (χ3v) is 4.06. The van der Waals surface area contributed by atoms with Gasteiger partial charge >= 0.3 is 0 Å². The van der Waals surface area contributed by atoms with E-state index in [2.05, 4.69) is 16.7 Å². The van der Waals surface area contributed by atoms with E-state index in [9.17, 15) is 14.4 Å². The van der Waals surface area contributed by atoms with E-state index in [1.807, 2.05) is 24.3 Å². The Labute approximate surface area is 181 Å². The molecule has 0 saturated carbocycles. The number of amides is 3. The van der Waals surface area contributed by atoms with Crippen molar-refractivity contribution >= 4 is 17.7 Å². The number of likely N-dealkylation sites (tertiary alicyclic amines) is 1. The molecule has 1 heterocycles.